The Balaban J connectivity index is 1.40. The molecule has 1 unspecified atom stereocenters. The van der Waals surface area contributed by atoms with Gasteiger partial charge in [-0.2, -0.15) is 0 Å². The van der Waals surface area contributed by atoms with Crippen LogP contribution in [0.3, 0.4) is 0 Å². The highest BCUT2D eigenvalue weighted by molar-refractivity contribution is 5.74. The molecule has 156 valence electrons. The predicted octanol–water partition coefficient (Wildman–Crippen LogP) is 4.18. The van der Waals surface area contributed by atoms with Gasteiger partial charge in [-0.05, 0) is 51.2 Å². The van der Waals surface area contributed by atoms with Gasteiger partial charge in [-0.3, -0.25) is 14.5 Å². The van der Waals surface area contributed by atoms with E-state index in [0.717, 1.165) is 42.3 Å². The summed E-state index contributed by atoms with van der Waals surface area (Å²) in [6.07, 6.45) is 6.51. The number of nitrogens with one attached hydrogen (secondary N) is 1. The molecule has 1 amide bonds. The number of pyridine rings is 1. The van der Waals surface area contributed by atoms with E-state index in [1.807, 2.05) is 47.6 Å². The summed E-state index contributed by atoms with van der Waals surface area (Å²) >= 11 is 0. The number of cyclic esters (lactones) is 1. The Morgan fingerprint density at radius 2 is 1.73 bits per heavy atom. The number of aromatic amines is 1. The first-order chi connectivity index (χ1) is 14.5. The smallest absolute Gasteiger partial charge is 0.411 e. The van der Waals surface area contributed by atoms with Gasteiger partial charge in [-0.25, -0.2) is 9.59 Å². The lowest BCUT2D eigenvalue weighted by molar-refractivity contribution is 0.0662. The third-order valence-corrected chi connectivity index (χ3v) is 6.56. The summed E-state index contributed by atoms with van der Waals surface area (Å²) in [6, 6.07) is 12.1. The molecule has 3 heterocycles. The average Bonchev–Trinajstić information content (AvgIpc) is 3.20. The van der Waals surface area contributed by atoms with Gasteiger partial charge >= 0.3 is 11.8 Å². The second-order valence-electron chi connectivity index (χ2n) is 8.85. The molecule has 2 aromatic heterocycles. The van der Waals surface area contributed by atoms with E-state index in [1.54, 1.807) is 12.4 Å². The highest BCUT2D eigenvalue weighted by atomic mass is 16.6. The molecule has 1 aliphatic carbocycles. The third kappa shape index (κ3) is 3.00. The van der Waals surface area contributed by atoms with Gasteiger partial charge in [0.05, 0.1) is 23.3 Å². The van der Waals surface area contributed by atoms with Gasteiger partial charge in [0.2, 0.25) is 0 Å². The molecule has 5 rings (SSSR count). The molecule has 1 saturated heterocycles. The van der Waals surface area contributed by atoms with Crippen molar-refractivity contribution in [3.63, 3.8) is 0 Å². The second kappa shape index (κ2) is 7.00. The molecule has 2 aliphatic rings. The number of hydrogen-bond donors (Lipinski definition) is 1. The van der Waals surface area contributed by atoms with Crippen LogP contribution in [0.25, 0.3) is 11.0 Å². The van der Waals surface area contributed by atoms with E-state index in [4.69, 9.17) is 4.74 Å². The molecule has 30 heavy (non-hydrogen) atoms. The Bertz CT molecular complexity index is 1130. The van der Waals surface area contributed by atoms with Crippen LogP contribution in [0.4, 0.5) is 4.79 Å². The highest BCUT2D eigenvalue weighted by Crippen LogP contribution is 2.45. The molecule has 7 heteroatoms. The number of nitrogens with zero attached hydrogens (tertiary/aromatic N) is 3. The maximum absolute atomic E-state index is 12.8. The Kier molecular flexibility index (Phi) is 4.41. The Labute approximate surface area is 174 Å². The predicted molar refractivity (Wildman–Crippen MR) is 113 cm³/mol. The first kappa shape index (κ1) is 18.9. The van der Waals surface area contributed by atoms with Gasteiger partial charge in [0.15, 0.2) is 0 Å². The normalized spacial score (nSPS) is 26.1. The number of hydrogen-bond acceptors (Lipinski definition) is 4. The van der Waals surface area contributed by atoms with Gasteiger partial charge in [0.1, 0.15) is 5.60 Å². The lowest BCUT2D eigenvalue weighted by Gasteiger charge is -2.38. The molecule has 3 aromatic rings. The zero-order valence-corrected chi connectivity index (χ0v) is 17.2. The van der Waals surface area contributed by atoms with E-state index in [1.165, 1.54) is 0 Å². The number of aromatic nitrogens is 3. The number of rotatable bonds is 3. The van der Waals surface area contributed by atoms with Crippen molar-refractivity contribution in [2.75, 3.05) is 0 Å². The molecule has 1 aromatic carbocycles. The van der Waals surface area contributed by atoms with Crippen LogP contribution in [0.15, 0.2) is 53.6 Å². The third-order valence-electron chi connectivity index (χ3n) is 6.56. The molecular formula is C23H26N4O3. The van der Waals surface area contributed by atoms with Gasteiger partial charge in [-0.1, -0.05) is 30.3 Å². The zero-order valence-electron chi connectivity index (χ0n) is 17.2. The topological polar surface area (TPSA) is 80.2 Å². The molecule has 0 spiro atoms. The molecule has 1 aliphatic heterocycles. The number of carbonyl (C=O) groups is 1. The first-order valence-electron chi connectivity index (χ1n) is 10.6. The summed E-state index contributed by atoms with van der Waals surface area (Å²) in [5, 5.41) is 0. The van der Waals surface area contributed by atoms with Gasteiger partial charge in [0, 0.05) is 18.3 Å². The fraction of sp³-hybridized carbons (Fsp3) is 0.435. The van der Waals surface area contributed by atoms with Crippen LogP contribution < -0.4 is 5.69 Å². The van der Waals surface area contributed by atoms with Crippen molar-refractivity contribution in [3.05, 3.63) is 64.8 Å². The number of imidazole rings is 1. The Hall–Kier alpha value is -3.09. The minimum absolute atomic E-state index is 0.0923. The second-order valence-corrected chi connectivity index (χ2v) is 8.85. The summed E-state index contributed by atoms with van der Waals surface area (Å²) in [7, 11) is 0. The van der Waals surface area contributed by atoms with Crippen molar-refractivity contribution in [2.45, 2.75) is 63.3 Å². The SMILES string of the molecule is CC1(C)OC(=O)N([C@H]2CC[C@H](n3c(=O)[nH]c4cnccc43)CC2)C1c1ccccc1. The maximum atomic E-state index is 12.8. The van der Waals surface area contributed by atoms with Crippen molar-refractivity contribution < 1.29 is 9.53 Å². The Morgan fingerprint density at radius 3 is 2.47 bits per heavy atom. The fourth-order valence-corrected chi connectivity index (χ4v) is 5.27. The quantitative estimate of drug-likeness (QED) is 0.708. The van der Waals surface area contributed by atoms with Crippen molar-refractivity contribution >= 4 is 17.1 Å². The monoisotopic (exact) mass is 406 g/mol. The number of ether oxygens (including phenoxy) is 1. The molecule has 1 saturated carbocycles. The largest absolute Gasteiger partial charge is 0.441 e. The zero-order chi connectivity index (χ0) is 20.9. The molecule has 0 bridgehead atoms. The van der Waals surface area contributed by atoms with Crippen molar-refractivity contribution in [1.29, 1.82) is 0 Å². The van der Waals surface area contributed by atoms with E-state index in [-0.39, 0.29) is 29.9 Å². The van der Waals surface area contributed by atoms with Crippen molar-refractivity contribution in [1.82, 2.24) is 19.4 Å². The van der Waals surface area contributed by atoms with E-state index in [2.05, 4.69) is 22.1 Å². The fourth-order valence-electron chi connectivity index (χ4n) is 5.27. The van der Waals surface area contributed by atoms with Gasteiger partial charge in [0.25, 0.3) is 0 Å². The number of H-pyrrole nitrogens is 1. The van der Waals surface area contributed by atoms with Crippen LogP contribution in [-0.2, 0) is 4.74 Å². The number of carbonyl (C=O) groups excluding carboxylic acids is 1. The van der Waals surface area contributed by atoms with E-state index < -0.39 is 5.60 Å². The summed E-state index contributed by atoms with van der Waals surface area (Å²) < 4.78 is 7.63. The summed E-state index contributed by atoms with van der Waals surface area (Å²) in [6.45, 7) is 3.96. The average molecular weight is 406 g/mol. The van der Waals surface area contributed by atoms with Crippen LogP contribution in [0.5, 0.6) is 0 Å². The lowest BCUT2D eigenvalue weighted by Crippen LogP contribution is -2.43. The van der Waals surface area contributed by atoms with E-state index in [0.29, 0.717) is 0 Å². The first-order valence-corrected chi connectivity index (χ1v) is 10.6. The summed E-state index contributed by atoms with van der Waals surface area (Å²) in [4.78, 5) is 34.3. The number of benzene rings is 1. The van der Waals surface area contributed by atoms with Crippen LogP contribution >= 0.6 is 0 Å². The highest BCUT2D eigenvalue weighted by Gasteiger charge is 2.51. The minimum Gasteiger partial charge on any atom is -0.441 e. The molecule has 1 N–H and O–H groups in total. The van der Waals surface area contributed by atoms with Gasteiger partial charge < -0.3 is 9.72 Å². The minimum atomic E-state index is -0.587. The van der Waals surface area contributed by atoms with Crippen LogP contribution in [-0.4, -0.2) is 37.2 Å². The maximum Gasteiger partial charge on any atom is 0.411 e. The van der Waals surface area contributed by atoms with Crippen LogP contribution in [0.2, 0.25) is 0 Å². The summed E-state index contributed by atoms with van der Waals surface area (Å²) in [5.41, 5.74) is 2.07. The number of amides is 1. The summed E-state index contributed by atoms with van der Waals surface area (Å²) in [5.74, 6) is 0. The molecule has 1 atom stereocenters. The van der Waals surface area contributed by atoms with Crippen molar-refractivity contribution in [2.24, 2.45) is 0 Å². The molecule has 0 radical (unpaired) electrons. The van der Waals surface area contributed by atoms with Crippen LogP contribution in [0.1, 0.15) is 57.2 Å². The van der Waals surface area contributed by atoms with Crippen molar-refractivity contribution in [3.8, 4) is 0 Å². The standard InChI is InChI=1S/C23H26N4O3/c1-23(2)20(15-6-4-3-5-7-15)27(22(29)30-23)17-10-8-16(9-11-17)26-19-12-13-24-14-18(19)25-21(26)28/h3-7,12-14,16-17,20H,8-11H2,1-2H3,(H,25,28)/t16-,17-,20?. The molecule has 7 nitrogen and oxygen atoms in total. The Morgan fingerprint density at radius 1 is 1.03 bits per heavy atom. The van der Waals surface area contributed by atoms with E-state index >= 15 is 0 Å². The van der Waals surface area contributed by atoms with Crippen LogP contribution in [0, 0.1) is 0 Å². The lowest BCUT2D eigenvalue weighted by atomic mass is 9.86. The molecular weight excluding hydrogens is 380 g/mol. The van der Waals surface area contributed by atoms with E-state index in [9.17, 15) is 9.59 Å². The van der Waals surface area contributed by atoms with Gasteiger partial charge in [-0.15, -0.1) is 0 Å². The number of fused-ring (bicyclic) bond motifs is 1. The molecule has 2 fully saturated rings.